The van der Waals surface area contributed by atoms with Crippen LogP contribution in [0.4, 0.5) is 10.2 Å². The molecule has 0 saturated carbocycles. The number of nitrogens with one attached hydrogen (secondary N) is 1. The number of nitrogens with zero attached hydrogens (tertiary/aromatic N) is 4. The molecule has 0 unspecified atom stereocenters. The molecule has 8 heteroatoms. The van der Waals surface area contributed by atoms with E-state index in [1.165, 1.54) is 12.3 Å². The zero-order valence-corrected chi connectivity index (χ0v) is 15.6. The molecule has 2 aromatic heterocycles. The highest BCUT2D eigenvalue weighted by Crippen LogP contribution is 2.26. The molecule has 0 bridgehead atoms. The van der Waals surface area contributed by atoms with Gasteiger partial charge >= 0.3 is 0 Å². The Morgan fingerprint density at radius 3 is 2.70 bits per heavy atom. The molecule has 1 N–H and O–H groups in total. The van der Waals surface area contributed by atoms with Gasteiger partial charge in [0.05, 0.1) is 24.0 Å². The molecule has 144 valence electrons. The smallest absolute Gasteiger partial charge is 0.255 e. The summed E-state index contributed by atoms with van der Waals surface area (Å²) >= 11 is 0. The third-order valence-electron chi connectivity index (χ3n) is 4.58. The fourth-order valence-electron chi connectivity index (χ4n) is 3.29. The standard InChI is InChI=1S/C19H24FN5O2/c1-13(2)9-18(26)23-17-3-6-22-25(17)16-4-7-24(8-5-16)19(27)14-10-15(20)12-21-11-14/h3,6,10-13,16H,4-5,7-9H2,1-2H3,(H,23,26). The van der Waals surface area contributed by atoms with Crippen LogP contribution in [0.15, 0.2) is 30.7 Å². The Morgan fingerprint density at radius 2 is 2.04 bits per heavy atom. The number of aromatic nitrogens is 3. The topological polar surface area (TPSA) is 80.1 Å². The van der Waals surface area contributed by atoms with Crippen molar-refractivity contribution < 1.29 is 14.0 Å². The highest BCUT2D eigenvalue weighted by Gasteiger charge is 2.26. The van der Waals surface area contributed by atoms with Crippen LogP contribution in [-0.2, 0) is 4.79 Å². The van der Waals surface area contributed by atoms with Gasteiger partial charge in [-0.25, -0.2) is 9.07 Å². The second-order valence-corrected chi connectivity index (χ2v) is 7.22. The first-order valence-corrected chi connectivity index (χ1v) is 9.17. The Bertz CT molecular complexity index is 812. The predicted molar refractivity (Wildman–Crippen MR) is 98.7 cm³/mol. The van der Waals surface area contributed by atoms with Crippen molar-refractivity contribution in [2.75, 3.05) is 18.4 Å². The lowest BCUT2D eigenvalue weighted by molar-refractivity contribution is -0.116. The summed E-state index contributed by atoms with van der Waals surface area (Å²) in [6.45, 7) is 5.08. The second-order valence-electron chi connectivity index (χ2n) is 7.22. The highest BCUT2D eigenvalue weighted by molar-refractivity contribution is 5.94. The Balaban J connectivity index is 1.61. The van der Waals surface area contributed by atoms with Crippen LogP contribution < -0.4 is 5.32 Å². The minimum atomic E-state index is -0.519. The van der Waals surface area contributed by atoms with E-state index < -0.39 is 5.82 Å². The van der Waals surface area contributed by atoms with Crippen molar-refractivity contribution in [3.8, 4) is 0 Å². The summed E-state index contributed by atoms with van der Waals surface area (Å²) in [7, 11) is 0. The number of carbonyl (C=O) groups is 2. The summed E-state index contributed by atoms with van der Waals surface area (Å²) in [5.41, 5.74) is 0.258. The first kappa shape index (κ1) is 19.0. The first-order valence-electron chi connectivity index (χ1n) is 9.17. The maximum atomic E-state index is 13.3. The summed E-state index contributed by atoms with van der Waals surface area (Å²) in [6, 6.07) is 3.09. The number of rotatable bonds is 5. The highest BCUT2D eigenvalue weighted by atomic mass is 19.1. The molecule has 0 spiro atoms. The second kappa shape index (κ2) is 8.28. The van der Waals surface area contributed by atoms with Gasteiger partial charge in [-0.3, -0.25) is 14.6 Å². The number of amides is 2. The maximum Gasteiger partial charge on any atom is 0.255 e. The van der Waals surface area contributed by atoms with Crippen LogP contribution >= 0.6 is 0 Å². The van der Waals surface area contributed by atoms with Crippen molar-refractivity contribution in [1.82, 2.24) is 19.7 Å². The average Bonchev–Trinajstić information content (AvgIpc) is 3.08. The zero-order chi connectivity index (χ0) is 19.4. The zero-order valence-electron chi connectivity index (χ0n) is 15.6. The number of anilines is 1. The third kappa shape index (κ3) is 4.69. The van der Waals surface area contributed by atoms with Gasteiger partial charge in [0.15, 0.2) is 0 Å². The average molecular weight is 373 g/mol. The molecule has 0 aromatic carbocycles. The maximum absolute atomic E-state index is 13.3. The van der Waals surface area contributed by atoms with Crippen LogP contribution in [0.5, 0.6) is 0 Å². The molecule has 0 atom stereocenters. The molecule has 0 aliphatic carbocycles. The van der Waals surface area contributed by atoms with E-state index in [1.54, 1.807) is 17.2 Å². The molecule has 3 rings (SSSR count). The first-order chi connectivity index (χ1) is 12.9. The van der Waals surface area contributed by atoms with Crippen molar-refractivity contribution in [2.45, 2.75) is 39.2 Å². The van der Waals surface area contributed by atoms with Gasteiger partial charge in [0.1, 0.15) is 11.6 Å². The van der Waals surface area contributed by atoms with E-state index in [-0.39, 0.29) is 29.3 Å². The van der Waals surface area contributed by atoms with Crippen LogP contribution in [0, 0.1) is 11.7 Å². The molecule has 2 amide bonds. The largest absolute Gasteiger partial charge is 0.338 e. The molecule has 1 fully saturated rings. The molecule has 1 aliphatic rings. The van der Waals surface area contributed by atoms with Crippen molar-refractivity contribution in [3.05, 3.63) is 42.1 Å². The van der Waals surface area contributed by atoms with Gasteiger partial charge in [-0.05, 0) is 24.8 Å². The van der Waals surface area contributed by atoms with Gasteiger partial charge in [-0.1, -0.05) is 13.8 Å². The Kier molecular flexibility index (Phi) is 5.83. The van der Waals surface area contributed by atoms with E-state index in [0.29, 0.717) is 38.2 Å². The van der Waals surface area contributed by atoms with Crippen LogP contribution in [0.1, 0.15) is 49.5 Å². The van der Waals surface area contributed by atoms with E-state index in [2.05, 4.69) is 15.4 Å². The molecule has 1 aliphatic heterocycles. The van der Waals surface area contributed by atoms with Gasteiger partial charge in [0, 0.05) is 31.8 Å². The minimum Gasteiger partial charge on any atom is -0.338 e. The summed E-state index contributed by atoms with van der Waals surface area (Å²) in [6.07, 6.45) is 6.01. The lowest BCUT2D eigenvalue weighted by Gasteiger charge is -2.32. The molecule has 2 aromatic rings. The van der Waals surface area contributed by atoms with E-state index in [1.807, 2.05) is 18.5 Å². The van der Waals surface area contributed by atoms with Crippen molar-refractivity contribution in [2.24, 2.45) is 5.92 Å². The fourth-order valence-corrected chi connectivity index (χ4v) is 3.29. The minimum absolute atomic E-state index is 0.0297. The van der Waals surface area contributed by atoms with Crippen molar-refractivity contribution >= 4 is 17.6 Å². The van der Waals surface area contributed by atoms with Gasteiger partial charge in [-0.15, -0.1) is 0 Å². The van der Waals surface area contributed by atoms with Crippen molar-refractivity contribution in [3.63, 3.8) is 0 Å². The molecule has 7 nitrogen and oxygen atoms in total. The van der Waals surface area contributed by atoms with E-state index in [0.717, 1.165) is 6.20 Å². The number of hydrogen-bond acceptors (Lipinski definition) is 4. The predicted octanol–water partition coefficient (Wildman–Crippen LogP) is 2.88. The Hall–Kier alpha value is -2.77. The van der Waals surface area contributed by atoms with Crippen LogP contribution in [0.2, 0.25) is 0 Å². The number of hydrogen-bond donors (Lipinski definition) is 1. The fraction of sp³-hybridized carbons (Fsp3) is 0.474. The van der Waals surface area contributed by atoms with Crippen LogP contribution in [0.25, 0.3) is 0 Å². The molecule has 1 saturated heterocycles. The quantitative estimate of drug-likeness (QED) is 0.874. The molecule has 0 radical (unpaired) electrons. The summed E-state index contributed by atoms with van der Waals surface area (Å²) < 4.78 is 15.1. The van der Waals surface area contributed by atoms with Crippen molar-refractivity contribution in [1.29, 1.82) is 0 Å². The van der Waals surface area contributed by atoms with E-state index in [9.17, 15) is 14.0 Å². The summed E-state index contributed by atoms with van der Waals surface area (Å²) in [5, 5.41) is 7.27. The lowest BCUT2D eigenvalue weighted by Crippen LogP contribution is -2.39. The number of pyridine rings is 1. The summed E-state index contributed by atoms with van der Waals surface area (Å²) in [5.74, 6) is 0.200. The molecule has 27 heavy (non-hydrogen) atoms. The van der Waals surface area contributed by atoms with Crippen LogP contribution in [-0.4, -0.2) is 44.6 Å². The number of piperidine rings is 1. The summed E-state index contributed by atoms with van der Waals surface area (Å²) in [4.78, 5) is 30.0. The number of halogens is 1. The molecular formula is C19H24FN5O2. The SMILES string of the molecule is CC(C)CC(=O)Nc1ccnn1C1CCN(C(=O)c2cncc(F)c2)CC1. The Morgan fingerprint density at radius 1 is 1.30 bits per heavy atom. The number of likely N-dealkylation sites (tertiary alicyclic amines) is 1. The third-order valence-corrected chi connectivity index (χ3v) is 4.58. The van der Waals surface area contributed by atoms with E-state index in [4.69, 9.17) is 0 Å². The normalized spacial score (nSPS) is 15.2. The van der Waals surface area contributed by atoms with Crippen LogP contribution in [0.3, 0.4) is 0 Å². The Labute approximate surface area is 157 Å². The monoisotopic (exact) mass is 373 g/mol. The van der Waals surface area contributed by atoms with Gasteiger partial charge in [0.2, 0.25) is 5.91 Å². The lowest BCUT2D eigenvalue weighted by atomic mass is 10.0. The van der Waals surface area contributed by atoms with E-state index >= 15 is 0 Å². The van der Waals surface area contributed by atoms with Gasteiger partial charge < -0.3 is 10.2 Å². The molecular weight excluding hydrogens is 349 g/mol. The van der Waals surface area contributed by atoms with Gasteiger partial charge in [0.25, 0.3) is 5.91 Å². The van der Waals surface area contributed by atoms with Gasteiger partial charge in [-0.2, -0.15) is 5.10 Å². The number of carbonyl (C=O) groups excluding carboxylic acids is 2. The molecule has 3 heterocycles.